The molecule has 1 heterocycles. The molecule has 4 nitrogen and oxygen atoms in total. The van der Waals surface area contributed by atoms with Gasteiger partial charge < -0.3 is 9.47 Å². The van der Waals surface area contributed by atoms with Gasteiger partial charge in [0.1, 0.15) is 23.2 Å². The summed E-state index contributed by atoms with van der Waals surface area (Å²) in [6.45, 7) is 3.71. The van der Waals surface area contributed by atoms with Crippen LogP contribution in [0.4, 0.5) is 0 Å². The molecule has 0 fully saturated rings. The Hall–Kier alpha value is -2.54. The van der Waals surface area contributed by atoms with Crippen LogP contribution in [0.5, 0.6) is 5.75 Å². The Labute approximate surface area is 111 Å². The zero-order valence-corrected chi connectivity index (χ0v) is 10.8. The number of esters is 1. The molecule has 1 aromatic carbocycles. The zero-order chi connectivity index (χ0) is 13.8. The number of ether oxygens (including phenoxy) is 2. The molecular formula is C15H13NO3. The summed E-state index contributed by atoms with van der Waals surface area (Å²) < 4.78 is 10.5. The van der Waals surface area contributed by atoms with Gasteiger partial charge in [0.15, 0.2) is 0 Å². The van der Waals surface area contributed by atoms with Crippen LogP contribution in [-0.4, -0.2) is 12.6 Å². The first-order chi connectivity index (χ1) is 9.17. The molecule has 2 rings (SSSR count). The number of fused-ring (bicyclic) bond motifs is 1. The van der Waals surface area contributed by atoms with Crippen LogP contribution >= 0.6 is 0 Å². The highest BCUT2D eigenvalue weighted by molar-refractivity contribution is 6.04. The Balaban J connectivity index is 2.61. The molecule has 4 heteroatoms. The Morgan fingerprint density at radius 3 is 2.84 bits per heavy atom. The van der Waals surface area contributed by atoms with E-state index in [1.807, 2.05) is 24.3 Å². The second kappa shape index (κ2) is 5.40. The molecule has 0 amide bonds. The quantitative estimate of drug-likeness (QED) is 0.463. The van der Waals surface area contributed by atoms with E-state index in [1.165, 1.54) is 0 Å². The van der Waals surface area contributed by atoms with Crippen LogP contribution in [0.25, 0.3) is 5.57 Å². The lowest BCUT2D eigenvalue weighted by molar-refractivity contribution is -0.137. The third-order valence-electron chi connectivity index (χ3n) is 2.66. The van der Waals surface area contributed by atoms with Crippen molar-refractivity contribution in [3.63, 3.8) is 0 Å². The number of nitriles is 1. The monoisotopic (exact) mass is 255 g/mol. The van der Waals surface area contributed by atoms with Gasteiger partial charge in [-0.2, -0.15) is 5.26 Å². The minimum Gasteiger partial charge on any atom is -0.462 e. The average molecular weight is 255 g/mol. The maximum atomic E-state index is 11.8. The van der Waals surface area contributed by atoms with Gasteiger partial charge in [-0.15, -0.1) is 0 Å². The number of benzene rings is 1. The van der Waals surface area contributed by atoms with Crippen molar-refractivity contribution in [1.29, 1.82) is 5.26 Å². The Morgan fingerprint density at radius 1 is 1.42 bits per heavy atom. The normalized spacial score (nSPS) is 15.5. The van der Waals surface area contributed by atoms with E-state index in [2.05, 4.69) is 0 Å². The molecule has 0 unspecified atom stereocenters. The zero-order valence-electron chi connectivity index (χ0n) is 10.8. The lowest BCUT2D eigenvalue weighted by Gasteiger charge is -2.18. The number of nitrogens with zero attached hydrogens (tertiary/aromatic N) is 1. The van der Waals surface area contributed by atoms with Gasteiger partial charge in [0.25, 0.3) is 0 Å². The molecule has 0 N–H and O–H groups in total. The minimum absolute atomic E-state index is 0.00282. The second-order valence-corrected chi connectivity index (χ2v) is 3.97. The maximum absolute atomic E-state index is 11.8. The first-order valence-electron chi connectivity index (χ1n) is 5.94. The van der Waals surface area contributed by atoms with Crippen LogP contribution in [0.2, 0.25) is 0 Å². The molecule has 0 aromatic heterocycles. The van der Waals surface area contributed by atoms with Crippen molar-refractivity contribution >= 4 is 11.5 Å². The van der Waals surface area contributed by atoms with Gasteiger partial charge in [-0.1, -0.05) is 18.2 Å². The lowest BCUT2D eigenvalue weighted by atomic mass is 9.97. The van der Waals surface area contributed by atoms with E-state index >= 15 is 0 Å². The van der Waals surface area contributed by atoms with Crippen molar-refractivity contribution in [3.8, 4) is 11.8 Å². The fraction of sp³-hybridized carbons (Fsp3) is 0.200. The highest BCUT2D eigenvalue weighted by atomic mass is 16.5. The second-order valence-electron chi connectivity index (χ2n) is 3.97. The summed E-state index contributed by atoms with van der Waals surface area (Å²) in [5.41, 5.74) is 1.26. The van der Waals surface area contributed by atoms with Crippen molar-refractivity contribution in [1.82, 2.24) is 0 Å². The van der Waals surface area contributed by atoms with E-state index in [4.69, 9.17) is 9.47 Å². The van der Waals surface area contributed by atoms with E-state index in [0.29, 0.717) is 17.1 Å². The largest absolute Gasteiger partial charge is 0.462 e. The number of carbonyl (C=O) groups is 1. The Bertz CT molecular complexity index is 621. The van der Waals surface area contributed by atoms with E-state index < -0.39 is 5.97 Å². The van der Waals surface area contributed by atoms with E-state index in [1.54, 1.807) is 26.0 Å². The molecule has 19 heavy (non-hydrogen) atoms. The fourth-order valence-corrected chi connectivity index (χ4v) is 1.89. The molecule has 0 bridgehead atoms. The smallest absolute Gasteiger partial charge is 0.349 e. The highest BCUT2D eigenvalue weighted by Crippen LogP contribution is 2.35. The summed E-state index contributed by atoms with van der Waals surface area (Å²) in [5.74, 6) is 0.654. The summed E-state index contributed by atoms with van der Waals surface area (Å²) in [7, 11) is 0. The van der Waals surface area contributed by atoms with E-state index in [0.717, 1.165) is 5.56 Å². The number of hydrogen-bond acceptors (Lipinski definition) is 4. The molecule has 1 aromatic rings. The van der Waals surface area contributed by atoms with Crippen LogP contribution in [0.15, 0.2) is 41.7 Å². The summed E-state index contributed by atoms with van der Waals surface area (Å²) in [5, 5.41) is 9.21. The molecule has 1 aliphatic heterocycles. The number of para-hydroxylation sites is 1. The highest BCUT2D eigenvalue weighted by Gasteiger charge is 2.22. The molecule has 0 radical (unpaired) electrons. The molecule has 96 valence electrons. The Kier molecular flexibility index (Phi) is 3.67. The number of allylic oxidation sites excluding steroid dienone is 3. The first kappa shape index (κ1) is 12.9. The van der Waals surface area contributed by atoms with Gasteiger partial charge in [-0.3, -0.25) is 0 Å². The van der Waals surface area contributed by atoms with Gasteiger partial charge in [0.05, 0.1) is 6.61 Å². The minimum atomic E-state index is -0.610. The molecule has 0 saturated heterocycles. The molecule has 1 aliphatic rings. The van der Waals surface area contributed by atoms with Gasteiger partial charge in [0, 0.05) is 11.1 Å². The molecule has 0 saturated carbocycles. The summed E-state index contributed by atoms with van der Waals surface area (Å²) in [4.78, 5) is 11.8. The van der Waals surface area contributed by atoms with Gasteiger partial charge in [-0.25, -0.2) is 4.79 Å². The van der Waals surface area contributed by atoms with Crippen LogP contribution in [0.3, 0.4) is 0 Å². The summed E-state index contributed by atoms with van der Waals surface area (Å²) >= 11 is 0. The van der Waals surface area contributed by atoms with Crippen molar-refractivity contribution in [2.75, 3.05) is 6.61 Å². The van der Waals surface area contributed by atoms with Crippen LogP contribution in [0.1, 0.15) is 19.4 Å². The molecule has 0 aliphatic carbocycles. The average Bonchev–Trinajstić information content (AvgIpc) is 2.39. The summed E-state index contributed by atoms with van der Waals surface area (Å²) in [6.07, 6.45) is 1.68. The van der Waals surface area contributed by atoms with Gasteiger partial charge >= 0.3 is 5.97 Å². The van der Waals surface area contributed by atoms with E-state index in [-0.39, 0.29) is 12.2 Å². The van der Waals surface area contributed by atoms with E-state index in [9.17, 15) is 10.1 Å². The van der Waals surface area contributed by atoms with Crippen LogP contribution in [-0.2, 0) is 9.53 Å². The van der Waals surface area contributed by atoms with Crippen molar-refractivity contribution in [2.24, 2.45) is 0 Å². The van der Waals surface area contributed by atoms with Crippen molar-refractivity contribution < 1.29 is 14.3 Å². The third-order valence-corrected chi connectivity index (χ3v) is 2.66. The van der Waals surface area contributed by atoms with Crippen molar-refractivity contribution in [3.05, 3.63) is 47.2 Å². The molecular weight excluding hydrogens is 242 g/mol. The number of rotatable bonds is 2. The topological polar surface area (TPSA) is 59.3 Å². The Morgan fingerprint density at radius 2 is 2.16 bits per heavy atom. The van der Waals surface area contributed by atoms with Crippen molar-refractivity contribution in [2.45, 2.75) is 13.8 Å². The van der Waals surface area contributed by atoms with Gasteiger partial charge in [0.2, 0.25) is 0 Å². The van der Waals surface area contributed by atoms with Crippen LogP contribution < -0.4 is 4.74 Å². The maximum Gasteiger partial charge on any atom is 0.349 e. The number of hydrogen-bond donors (Lipinski definition) is 0. The first-order valence-corrected chi connectivity index (χ1v) is 5.94. The lowest BCUT2D eigenvalue weighted by Crippen LogP contribution is -2.11. The standard InChI is InChI=1S/C15H13NO3/c1-3-18-15(17)13(9-16)12-8-10(2)19-14-7-5-4-6-11(12)14/h4-8H,3H2,1-2H3. The molecule has 0 spiro atoms. The summed E-state index contributed by atoms with van der Waals surface area (Å²) in [6, 6.07) is 9.20. The van der Waals surface area contributed by atoms with Gasteiger partial charge in [-0.05, 0) is 26.0 Å². The predicted octanol–water partition coefficient (Wildman–Crippen LogP) is 2.82. The number of carbonyl (C=O) groups excluding carboxylic acids is 1. The predicted molar refractivity (Wildman–Crippen MR) is 70.0 cm³/mol. The van der Waals surface area contributed by atoms with Crippen LogP contribution in [0, 0.1) is 11.3 Å². The SMILES string of the molecule is CCOC(=O)C(C#N)=C1C=C(C)Oc2ccccc21. The third kappa shape index (κ3) is 2.50. The fourth-order valence-electron chi connectivity index (χ4n) is 1.89. The molecule has 0 atom stereocenters.